The van der Waals surface area contributed by atoms with Gasteiger partial charge in [0.05, 0.1) is 30.9 Å². The van der Waals surface area contributed by atoms with E-state index in [1.54, 1.807) is 23.9 Å². The summed E-state index contributed by atoms with van der Waals surface area (Å²) in [5.41, 5.74) is 0.744. The largest absolute Gasteiger partial charge is 0.435 e. The maximum atomic E-state index is 12.8. The predicted molar refractivity (Wildman–Crippen MR) is 103 cm³/mol. The zero-order valence-corrected chi connectivity index (χ0v) is 16.5. The van der Waals surface area contributed by atoms with Crippen molar-refractivity contribution >= 4 is 23.2 Å². The lowest BCUT2D eigenvalue weighted by Crippen LogP contribution is -2.25. The lowest BCUT2D eigenvalue weighted by molar-refractivity contribution is -0.141. The van der Waals surface area contributed by atoms with Gasteiger partial charge >= 0.3 is 6.18 Å². The molecular formula is C19H19ClF3N5O. The Morgan fingerprint density at radius 1 is 1.31 bits per heavy atom. The van der Waals surface area contributed by atoms with Crippen LogP contribution in [0.5, 0.6) is 0 Å². The van der Waals surface area contributed by atoms with E-state index in [0.717, 1.165) is 11.6 Å². The molecule has 0 saturated carbocycles. The van der Waals surface area contributed by atoms with E-state index in [1.165, 1.54) is 17.8 Å². The van der Waals surface area contributed by atoms with E-state index in [-0.39, 0.29) is 12.5 Å². The van der Waals surface area contributed by atoms with Crippen LogP contribution in [0, 0.1) is 12.8 Å². The number of aryl methyl sites for hydroxylation is 1. The van der Waals surface area contributed by atoms with Crippen molar-refractivity contribution in [3.63, 3.8) is 0 Å². The molecule has 0 aliphatic heterocycles. The molecule has 1 atom stereocenters. The van der Waals surface area contributed by atoms with Gasteiger partial charge in [-0.05, 0) is 24.6 Å². The van der Waals surface area contributed by atoms with Crippen LogP contribution in [0.1, 0.15) is 23.9 Å². The Morgan fingerprint density at radius 3 is 2.69 bits per heavy atom. The molecule has 6 nitrogen and oxygen atoms in total. The number of benzene rings is 1. The standard InChI is InChI=1S/C19H19ClF3N5O/c1-12(9-28-13(2)7-17(26-28)19(21,22)23)18(29)25-15-8-24-27(11-15)10-14-5-3-4-6-16(14)20/h3-8,11-12H,9-10H2,1-2H3,(H,25,29). The van der Waals surface area contributed by atoms with Crippen molar-refractivity contribution in [2.45, 2.75) is 33.1 Å². The quantitative estimate of drug-likeness (QED) is 0.637. The summed E-state index contributed by atoms with van der Waals surface area (Å²) in [6.07, 6.45) is -1.35. The van der Waals surface area contributed by atoms with Crippen molar-refractivity contribution in [2.75, 3.05) is 5.32 Å². The molecule has 1 amide bonds. The molecule has 0 spiro atoms. The van der Waals surface area contributed by atoms with Crippen LogP contribution in [0.4, 0.5) is 18.9 Å². The van der Waals surface area contributed by atoms with E-state index in [4.69, 9.17) is 11.6 Å². The first-order valence-corrected chi connectivity index (χ1v) is 9.19. The SMILES string of the molecule is Cc1cc(C(F)(F)F)nn1CC(C)C(=O)Nc1cnn(Cc2ccccc2Cl)c1. The smallest absolute Gasteiger partial charge is 0.323 e. The van der Waals surface area contributed by atoms with E-state index in [2.05, 4.69) is 15.5 Å². The summed E-state index contributed by atoms with van der Waals surface area (Å²) < 4.78 is 41.1. The number of amides is 1. The summed E-state index contributed by atoms with van der Waals surface area (Å²) in [6, 6.07) is 8.33. The normalized spacial score (nSPS) is 12.8. The van der Waals surface area contributed by atoms with Crippen LogP contribution >= 0.6 is 11.6 Å². The molecule has 1 N–H and O–H groups in total. The fourth-order valence-electron chi connectivity index (χ4n) is 2.76. The van der Waals surface area contributed by atoms with Crippen molar-refractivity contribution < 1.29 is 18.0 Å². The highest BCUT2D eigenvalue weighted by Gasteiger charge is 2.34. The molecule has 154 valence electrons. The summed E-state index contributed by atoms with van der Waals surface area (Å²) in [7, 11) is 0. The summed E-state index contributed by atoms with van der Waals surface area (Å²) in [5, 5.41) is 11.1. The topological polar surface area (TPSA) is 64.7 Å². The third-order valence-electron chi connectivity index (χ3n) is 4.36. The Hall–Kier alpha value is -2.81. The molecule has 1 unspecified atom stereocenters. The first-order valence-electron chi connectivity index (χ1n) is 8.82. The molecule has 0 aliphatic rings. The minimum Gasteiger partial charge on any atom is -0.323 e. The number of carbonyl (C=O) groups is 1. The molecule has 2 aromatic heterocycles. The molecule has 0 aliphatic carbocycles. The zero-order chi connectivity index (χ0) is 21.2. The van der Waals surface area contributed by atoms with Crippen LogP contribution in [0.3, 0.4) is 0 Å². The van der Waals surface area contributed by atoms with Crippen LogP contribution in [-0.2, 0) is 24.1 Å². The van der Waals surface area contributed by atoms with Gasteiger partial charge in [-0.3, -0.25) is 14.2 Å². The van der Waals surface area contributed by atoms with Gasteiger partial charge in [0.25, 0.3) is 0 Å². The summed E-state index contributed by atoms with van der Waals surface area (Å²) in [4.78, 5) is 12.4. The van der Waals surface area contributed by atoms with Crippen LogP contribution in [-0.4, -0.2) is 25.5 Å². The second kappa shape index (κ2) is 8.28. The number of hydrogen-bond acceptors (Lipinski definition) is 3. The van der Waals surface area contributed by atoms with Gasteiger partial charge < -0.3 is 5.32 Å². The average Bonchev–Trinajstić information content (AvgIpc) is 3.23. The van der Waals surface area contributed by atoms with E-state index < -0.39 is 17.8 Å². The molecule has 1 aromatic carbocycles. The first kappa shape index (κ1) is 20.9. The third kappa shape index (κ3) is 5.17. The number of rotatable bonds is 6. The highest BCUT2D eigenvalue weighted by molar-refractivity contribution is 6.31. The van der Waals surface area contributed by atoms with Crippen LogP contribution in [0.15, 0.2) is 42.7 Å². The lowest BCUT2D eigenvalue weighted by atomic mass is 10.1. The molecule has 0 bridgehead atoms. The number of nitrogens with one attached hydrogen (secondary N) is 1. The molecular weight excluding hydrogens is 407 g/mol. The van der Waals surface area contributed by atoms with E-state index in [0.29, 0.717) is 22.9 Å². The fraction of sp³-hybridized carbons (Fsp3) is 0.316. The number of alkyl halides is 3. The Bertz CT molecular complexity index is 1010. The highest BCUT2D eigenvalue weighted by Crippen LogP contribution is 2.28. The summed E-state index contributed by atoms with van der Waals surface area (Å²) in [6.45, 7) is 3.61. The first-order chi connectivity index (χ1) is 13.6. The zero-order valence-electron chi connectivity index (χ0n) is 15.7. The lowest BCUT2D eigenvalue weighted by Gasteiger charge is -2.12. The number of hydrogen-bond donors (Lipinski definition) is 1. The van der Waals surface area contributed by atoms with Gasteiger partial charge in [-0.2, -0.15) is 23.4 Å². The van der Waals surface area contributed by atoms with Crippen molar-refractivity contribution in [3.8, 4) is 0 Å². The van der Waals surface area contributed by atoms with Gasteiger partial charge in [-0.1, -0.05) is 36.7 Å². The van der Waals surface area contributed by atoms with Crippen molar-refractivity contribution in [1.82, 2.24) is 19.6 Å². The average molecular weight is 426 g/mol. The van der Waals surface area contributed by atoms with Gasteiger partial charge in [-0.15, -0.1) is 0 Å². The number of carbonyl (C=O) groups excluding carboxylic acids is 1. The van der Waals surface area contributed by atoms with Crippen molar-refractivity contribution in [2.24, 2.45) is 5.92 Å². The second-order valence-corrected chi connectivity index (χ2v) is 7.17. The third-order valence-corrected chi connectivity index (χ3v) is 4.73. The predicted octanol–water partition coefficient (Wildman–Crippen LogP) is 4.38. The van der Waals surface area contributed by atoms with Gasteiger partial charge in [0.2, 0.25) is 5.91 Å². The molecule has 10 heteroatoms. The van der Waals surface area contributed by atoms with E-state index in [9.17, 15) is 18.0 Å². The van der Waals surface area contributed by atoms with E-state index >= 15 is 0 Å². The Kier molecular flexibility index (Phi) is 5.97. The maximum Gasteiger partial charge on any atom is 0.435 e. The summed E-state index contributed by atoms with van der Waals surface area (Å²) in [5.74, 6) is -0.938. The number of anilines is 1. The van der Waals surface area contributed by atoms with Crippen molar-refractivity contribution in [1.29, 1.82) is 0 Å². The Labute approximate surface area is 170 Å². The molecule has 0 radical (unpaired) electrons. The monoisotopic (exact) mass is 425 g/mol. The number of halogens is 4. The highest BCUT2D eigenvalue weighted by atomic mass is 35.5. The van der Waals surface area contributed by atoms with Gasteiger partial charge in [0.1, 0.15) is 0 Å². The minimum absolute atomic E-state index is 0.0293. The molecule has 0 fully saturated rings. The van der Waals surface area contributed by atoms with Gasteiger partial charge in [-0.25, -0.2) is 0 Å². The molecule has 0 saturated heterocycles. The van der Waals surface area contributed by atoms with Gasteiger partial charge in [0.15, 0.2) is 5.69 Å². The van der Waals surface area contributed by atoms with Crippen LogP contribution < -0.4 is 5.32 Å². The molecule has 3 aromatic rings. The van der Waals surface area contributed by atoms with Gasteiger partial charge in [0, 0.05) is 16.9 Å². The fourth-order valence-corrected chi connectivity index (χ4v) is 2.95. The molecule has 29 heavy (non-hydrogen) atoms. The van der Waals surface area contributed by atoms with Crippen LogP contribution in [0.2, 0.25) is 5.02 Å². The minimum atomic E-state index is -4.52. The number of nitrogens with zero attached hydrogens (tertiary/aromatic N) is 4. The maximum absolute atomic E-state index is 12.8. The Morgan fingerprint density at radius 2 is 2.03 bits per heavy atom. The molecule has 2 heterocycles. The summed E-state index contributed by atoms with van der Waals surface area (Å²) >= 11 is 6.14. The second-order valence-electron chi connectivity index (χ2n) is 6.76. The number of aromatic nitrogens is 4. The molecule has 3 rings (SSSR count). The van der Waals surface area contributed by atoms with E-state index in [1.807, 2.05) is 18.2 Å². The van der Waals surface area contributed by atoms with Crippen molar-refractivity contribution in [3.05, 3.63) is 64.7 Å². The Balaban J connectivity index is 1.61. The van der Waals surface area contributed by atoms with Crippen LogP contribution in [0.25, 0.3) is 0 Å².